The Morgan fingerprint density at radius 2 is 2.36 bits per heavy atom. The molecule has 4 heteroatoms. The molecule has 0 radical (unpaired) electrons. The molecule has 4 nitrogen and oxygen atoms in total. The Balaban J connectivity index is 2.03. The van der Waals surface area contributed by atoms with Crippen LogP contribution < -0.4 is 0 Å². The van der Waals surface area contributed by atoms with E-state index in [1.165, 1.54) is 0 Å². The van der Waals surface area contributed by atoms with Crippen LogP contribution in [0.15, 0.2) is 12.3 Å². The molecule has 0 spiro atoms. The van der Waals surface area contributed by atoms with Gasteiger partial charge in [0, 0.05) is 32.8 Å². The van der Waals surface area contributed by atoms with Crippen LogP contribution in [0.5, 0.6) is 0 Å². The Hall–Kier alpha value is -0.870. The number of rotatable bonds is 2. The maximum atomic E-state index is 10.2. The van der Waals surface area contributed by atoms with Crippen molar-refractivity contribution in [1.29, 1.82) is 0 Å². The molecule has 0 bridgehead atoms. The van der Waals surface area contributed by atoms with Gasteiger partial charge in [-0.25, -0.2) is 0 Å². The van der Waals surface area contributed by atoms with Gasteiger partial charge in [0.25, 0.3) is 0 Å². The summed E-state index contributed by atoms with van der Waals surface area (Å²) >= 11 is 0. The zero-order valence-corrected chi connectivity index (χ0v) is 8.77. The van der Waals surface area contributed by atoms with Crippen LogP contribution in [-0.4, -0.2) is 45.5 Å². The van der Waals surface area contributed by atoms with Crippen molar-refractivity contribution >= 4 is 0 Å². The highest BCUT2D eigenvalue weighted by atomic mass is 16.3. The third kappa shape index (κ3) is 1.96. The van der Waals surface area contributed by atoms with Crippen molar-refractivity contribution in [2.24, 2.45) is 7.05 Å². The van der Waals surface area contributed by atoms with Crippen molar-refractivity contribution in [3.05, 3.63) is 18.0 Å². The van der Waals surface area contributed by atoms with Crippen LogP contribution in [0.1, 0.15) is 12.1 Å². The molecule has 1 aliphatic heterocycles. The molecule has 1 aromatic rings. The fourth-order valence-electron chi connectivity index (χ4n) is 2.10. The van der Waals surface area contributed by atoms with Crippen molar-refractivity contribution in [3.8, 4) is 0 Å². The Morgan fingerprint density at radius 3 is 2.86 bits per heavy atom. The van der Waals surface area contributed by atoms with E-state index in [-0.39, 0.29) is 0 Å². The van der Waals surface area contributed by atoms with Crippen molar-refractivity contribution in [3.63, 3.8) is 0 Å². The molecule has 0 saturated carbocycles. The summed E-state index contributed by atoms with van der Waals surface area (Å²) in [5.41, 5.74) is 0.411. The van der Waals surface area contributed by atoms with Gasteiger partial charge in [0.15, 0.2) is 0 Å². The normalized spacial score (nSPS) is 28.5. The average Bonchev–Trinajstić information content (AvgIpc) is 2.60. The monoisotopic (exact) mass is 195 g/mol. The molecule has 1 N–H and O–H groups in total. The van der Waals surface area contributed by atoms with Gasteiger partial charge in [0.1, 0.15) is 0 Å². The van der Waals surface area contributed by atoms with Gasteiger partial charge in [0.05, 0.1) is 11.3 Å². The first-order valence-corrected chi connectivity index (χ1v) is 4.97. The van der Waals surface area contributed by atoms with Crippen LogP contribution in [0.2, 0.25) is 0 Å². The van der Waals surface area contributed by atoms with E-state index in [0.717, 1.165) is 25.2 Å². The maximum absolute atomic E-state index is 10.2. The summed E-state index contributed by atoms with van der Waals surface area (Å²) in [6.07, 6.45) is 3.43. The van der Waals surface area contributed by atoms with E-state index < -0.39 is 5.60 Å². The lowest BCUT2D eigenvalue weighted by Gasteiger charge is -2.20. The van der Waals surface area contributed by atoms with Gasteiger partial charge >= 0.3 is 0 Å². The molecule has 1 saturated heterocycles. The van der Waals surface area contributed by atoms with Gasteiger partial charge < -0.3 is 10.0 Å². The van der Waals surface area contributed by atoms with Gasteiger partial charge in [-0.15, -0.1) is 0 Å². The van der Waals surface area contributed by atoms with E-state index in [0.29, 0.717) is 6.42 Å². The van der Waals surface area contributed by atoms with Crippen molar-refractivity contribution in [1.82, 2.24) is 14.7 Å². The van der Waals surface area contributed by atoms with Crippen LogP contribution in [-0.2, 0) is 13.5 Å². The molecule has 1 aromatic heterocycles. The van der Waals surface area contributed by atoms with E-state index in [2.05, 4.69) is 10.00 Å². The standard InChI is InChI=1S/C10H17N3O/c1-12-6-4-10(14,8-12)7-9-3-5-13(2)11-9/h3,5,14H,4,6-8H2,1-2H3. The zero-order valence-electron chi connectivity index (χ0n) is 8.77. The largest absolute Gasteiger partial charge is 0.388 e. The molecule has 0 aromatic carbocycles. The van der Waals surface area contributed by atoms with Gasteiger partial charge in [-0.3, -0.25) is 4.68 Å². The fourth-order valence-corrected chi connectivity index (χ4v) is 2.10. The highest BCUT2D eigenvalue weighted by molar-refractivity contribution is 5.06. The number of aliphatic hydroxyl groups is 1. The first-order valence-electron chi connectivity index (χ1n) is 4.97. The van der Waals surface area contributed by atoms with Gasteiger partial charge in [-0.2, -0.15) is 5.10 Å². The number of β-amino-alcohol motifs (C(OH)–C–C–N with tert-alkyl or cyclic N) is 1. The predicted octanol–water partition coefficient (Wildman–Crippen LogP) is 0.0292. The Morgan fingerprint density at radius 1 is 1.57 bits per heavy atom. The molecule has 78 valence electrons. The van der Waals surface area contributed by atoms with Crippen LogP contribution >= 0.6 is 0 Å². The summed E-state index contributed by atoms with van der Waals surface area (Å²) < 4.78 is 1.78. The fraction of sp³-hybridized carbons (Fsp3) is 0.700. The summed E-state index contributed by atoms with van der Waals surface area (Å²) in [5.74, 6) is 0. The van der Waals surface area contributed by atoms with Gasteiger partial charge in [0.2, 0.25) is 0 Å². The number of likely N-dealkylation sites (tertiary alicyclic amines) is 1. The summed E-state index contributed by atoms with van der Waals surface area (Å²) in [5, 5.41) is 14.5. The molecular weight excluding hydrogens is 178 g/mol. The molecule has 1 unspecified atom stereocenters. The lowest BCUT2D eigenvalue weighted by molar-refractivity contribution is 0.0513. The molecular formula is C10H17N3O. The van der Waals surface area contributed by atoms with Crippen molar-refractivity contribution < 1.29 is 5.11 Å². The lowest BCUT2D eigenvalue weighted by Crippen LogP contribution is -2.34. The Kier molecular flexibility index (Phi) is 2.33. The summed E-state index contributed by atoms with van der Waals surface area (Å²) in [6.45, 7) is 1.73. The zero-order chi connectivity index (χ0) is 10.2. The third-order valence-corrected chi connectivity index (χ3v) is 2.80. The van der Waals surface area contributed by atoms with Crippen LogP contribution in [0.3, 0.4) is 0 Å². The van der Waals surface area contributed by atoms with E-state index in [1.807, 2.05) is 26.4 Å². The number of hydrogen-bond acceptors (Lipinski definition) is 3. The summed E-state index contributed by atoms with van der Waals surface area (Å²) in [4.78, 5) is 2.16. The highest BCUT2D eigenvalue weighted by Gasteiger charge is 2.34. The average molecular weight is 195 g/mol. The minimum absolute atomic E-state index is 0.566. The van der Waals surface area contributed by atoms with E-state index in [9.17, 15) is 5.11 Å². The van der Waals surface area contributed by atoms with Gasteiger partial charge in [-0.05, 0) is 19.5 Å². The maximum Gasteiger partial charge on any atom is 0.0841 e. The SMILES string of the molecule is CN1CCC(O)(Cc2ccn(C)n2)C1. The number of hydrogen-bond donors (Lipinski definition) is 1. The topological polar surface area (TPSA) is 41.3 Å². The molecule has 1 aliphatic rings. The lowest BCUT2D eigenvalue weighted by atomic mass is 9.97. The number of likely N-dealkylation sites (N-methyl/N-ethyl adjacent to an activating group) is 1. The molecule has 2 rings (SSSR count). The number of aromatic nitrogens is 2. The minimum atomic E-state index is -0.566. The van der Waals surface area contributed by atoms with Crippen molar-refractivity contribution in [2.75, 3.05) is 20.1 Å². The molecule has 1 fully saturated rings. The van der Waals surface area contributed by atoms with E-state index in [4.69, 9.17) is 0 Å². The molecule has 2 heterocycles. The number of aryl methyl sites for hydroxylation is 1. The van der Waals surface area contributed by atoms with E-state index >= 15 is 0 Å². The highest BCUT2D eigenvalue weighted by Crippen LogP contribution is 2.23. The first kappa shape index (κ1) is 9.68. The summed E-state index contributed by atoms with van der Waals surface area (Å²) in [6, 6.07) is 1.97. The smallest absolute Gasteiger partial charge is 0.0841 e. The molecule has 14 heavy (non-hydrogen) atoms. The quantitative estimate of drug-likeness (QED) is 0.724. The first-order chi connectivity index (χ1) is 6.57. The van der Waals surface area contributed by atoms with Crippen molar-refractivity contribution in [2.45, 2.75) is 18.4 Å². The second-order valence-electron chi connectivity index (χ2n) is 4.37. The molecule has 1 atom stereocenters. The van der Waals surface area contributed by atoms with Gasteiger partial charge in [-0.1, -0.05) is 0 Å². The molecule has 0 aliphatic carbocycles. The Bertz CT molecular complexity index is 323. The number of nitrogens with zero attached hydrogens (tertiary/aromatic N) is 3. The van der Waals surface area contributed by atoms with Crippen LogP contribution in [0, 0.1) is 0 Å². The minimum Gasteiger partial charge on any atom is -0.388 e. The van der Waals surface area contributed by atoms with E-state index in [1.54, 1.807) is 4.68 Å². The Labute approximate surface area is 84.1 Å². The third-order valence-electron chi connectivity index (χ3n) is 2.80. The summed E-state index contributed by atoms with van der Waals surface area (Å²) in [7, 11) is 3.94. The van der Waals surface area contributed by atoms with Crippen LogP contribution in [0.25, 0.3) is 0 Å². The second-order valence-corrected chi connectivity index (χ2v) is 4.37. The predicted molar refractivity (Wildman–Crippen MR) is 54.0 cm³/mol. The second kappa shape index (κ2) is 3.37. The van der Waals surface area contributed by atoms with Crippen LogP contribution in [0.4, 0.5) is 0 Å². The molecule has 0 amide bonds.